The van der Waals surface area contributed by atoms with Crippen molar-refractivity contribution in [2.45, 2.75) is 19.3 Å². The van der Waals surface area contributed by atoms with Gasteiger partial charge in [-0.3, -0.25) is 14.8 Å². The zero-order valence-corrected chi connectivity index (χ0v) is 20.5. The summed E-state index contributed by atoms with van der Waals surface area (Å²) >= 11 is 0. The molecule has 0 amide bonds. The first kappa shape index (κ1) is 22.9. The summed E-state index contributed by atoms with van der Waals surface area (Å²) in [4.78, 5) is 22.0. The molecular formula is C33H27N3O. The van der Waals surface area contributed by atoms with Gasteiger partial charge in [0.2, 0.25) is 0 Å². The Morgan fingerprint density at radius 2 is 1.59 bits per heavy atom. The molecule has 1 unspecified atom stereocenters. The number of ketones is 1. The van der Waals surface area contributed by atoms with Crippen LogP contribution in [0.15, 0.2) is 104 Å². The van der Waals surface area contributed by atoms with E-state index >= 15 is 0 Å². The van der Waals surface area contributed by atoms with Crippen molar-refractivity contribution in [1.29, 1.82) is 0 Å². The van der Waals surface area contributed by atoms with Crippen molar-refractivity contribution < 1.29 is 4.79 Å². The maximum Gasteiger partial charge on any atom is 0.169 e. The van der Waals surface area contributed by atoms with Crippen LogP contribution in [0.3, 0.4) is 0 Å². The SMILES string of the molecule is C1=CC=CNC=C1.O=C(c1ccc2nccnc2c1)C1C=c2c(ccc3c2=CCc2ccccc2-3)CC1. The zero-order valence-electron chi connectivity index (χ0n) is 20.5. The Kier molecular flexibility index (Phi) is 6.30. The van der Waals surface area contributed by atoms with Crippen molar-refractivity contribution in [1.82, 2.24) is 15.3 Å². The van der Waals surface area contributed by atoms with Gasteiger partial charge in [-0.15, -0.1) is 0 Å². The van der Waals surface area contributed by atoms with Crippen molar-refractivity contribution in [3.63, 3.8) is 0 Å². The standard InChI is InChI=1S/C27H20N2O.C6H7N/c30-27(20-9-12-25-26(16-20)29-14-13-28-25)19-6-5-18-8-10-22-21-4-2-1-3-17(21)7-11-23(22)24(18)15-19;1-2-4-6-7-5-3-1/h1-4,8-16,19H,5-7H2;1-7H. The molecule has 7 rings (SSSR count). The molecule has 4 nitrogen and oxygen atoms in total. The van der Waals surface area contributed by atoms with Crippen LogP contribution >= 0.6 is 0 Å². The molecule has 3 aromatic carbocycles. The van der Waals surface area contributed by atoms with Crippen molar-refractivity contribution in [3.8, 4) is 11.1 Å². The quantitative estimate of drug-likeness (QED) is 0.408. The average Bonchev–Trinajstić information content (AvgIpc) is 3.30. The van der Waals surface area contributed by atoms with Crippen LogP contribution in [0, 0.1) is 5.92 Å². The molecule has 0 bridgehead atoms. The summed E-state index contributed by atoms with van der Waals surface area (Å²) in [5.74, 6) is 0.0608. The van der Waals surface area contributed by atoms with E-state index < -0.39 is 0 Å². The van der Waals surface area contributed by atoms with Crippen LogP contribution in [-0.4, -0.2) is 15.8 Å². The van der Waals surface area contributed by atoms with E-state index in [1.54, 1.807) is 12.4 Å². The smallest absolute Gasteiger partial charge is 0.169 e. The fraction of sp³-hybridized carbons (Fsp3) is 0.121. The lowest BCUT2D eigenvalue weighted by molar-refractivity contribution is 0.0947. The second kappa shape index (κ2) is 10.2. The van der Waals surface area contributed by atoms with Crippen LogP contribution in [-0.2, 0) is 12.8 Å². The summed E-state index contributed by atoms with van der Waals surface area (Å²) in [5.41, 5.74) is 7.60. The largest absolute Gasteiger partial charge is 0.368 e. The van der Waals surface area contributed by atoms with Crippen molar-refractivity contribution in [2.75, 3.05) is 0 Å². The normalized spacial score (nSPS) is 16.5. The third-order valence-electron chi connectivity index (χ3n) is 7.11. The highest BCUT2D eigenvalue weighted by Crippen LogP contribution is 2.26. The lowest BCUT2D eigenvalue weighted by Gasteiger charge is -2.21. The van der Waals surface area contributed by atoms with E-state index in [4.69, 9.17) is 0 Å². The van der Waals surface area contributed by atoms with E-state index in [0.29, 0.717) is 5.56 Å². The highest BCUT2D eigenvalue weighted by Gasteiger charge is 2.23. The van der Waals surface area contributed by atoms with Gasteiger partial charge in [0, 0.05) is 36.3 Å². The topological polar surface area (TPSA) is 54.9 Å². The maximum atomic E-state index is 13.3. The summed E-state index contributed by atoms with van der Waals surface area (Å²) < 4.78 is 0. The molecule has 1 N–H and O–H groups in total. The van der Waals surface area contributed by atoms with Gasteiger partial charge in [0.05, 0.1) is 11.0 Å². The Balaban J connectivity index is 0.000000314. The third-order valence-corrected chi connectivity index (χ3v) is 7.11. The molecule has 4 aromatic rings. The van der Waals surface area contributed by atoms with E-state index in [9.17, 15) is 4.79 Å². The fourth-order valence-corrected chi connectivity index (χ4v) is 5.26. The Morgan fingerprint density at radius 3 is 2.46 bits per heavy atom. The van der Waals surface area contributed by atoms with Crippen molar-refractivity contribution in [2.24, 2.45) is 5.92 Å². The van der Waals surface area contributed by atoms with Gasteiger partial charge in [0.1, 0.15) is 0 Å². The van der Waals surface area contributed by atoms with E-state index in [1.165, 1.54) is 32.7 Å². The Labute approximate surface area is 216 Å². The number of aromatic nitrogens is 2. The summed E-state index contributed by atoms with van der Waals surface area (Å²) in [6.45, 7) is 0. The van der Waals surface area contributed by atoms with Crippen LogP contribution in [0.5, 0.6) is 0 Å². The first-order valence-corrected chi connectivity index (χ1v) is 12.7. The Hall–Kier alpha value is -4.57. The molecule has 4 heteroatoms. The molecule has 1 aromatic heterocycles. The molecule has 37 heavy (non-hydrogen) atoms. The number of hydrogen-bond donors (Lipinski definition) is 1. The minimum absolute atomic E-state index is 0.108. The highest BCUT2D eigenvalue weighted by molar-refractivity contribution is 6.03. The number of hydrogen-bond acceptors (Lipinski definition) is 4. The van der Waals surface area contributed by atoms with Crippen molar-refractivity contribution >= 4 is 29.0 Å². The number of carbonyl (C=O) groups is 1. The predicted molar refractivity (Wildman–Crippen MR) is 150 cm³/mol. The monoisotopic (exact) mass is 481 g/mol. The highest BCUT2D eigenvalue weighted by atomic mass is 16.1. The minimum Gasteiger partial charge on any atom is -0.368 e. The first-order valence-electron chi connectivity index (χ1n) is 12.7. The van der Waals surface area contributed by atoms with Gasteiger partial charge >= 0.3 is 0 Å². The number of allylic oxidation sites excluding steroid dienone is 4. The summed E-state index contributed by atoms with van der Waals surface area (Å²) in [6, 6.07) is 18.7. The number of nitrogens with one attached hydrogen (secondary N) is 1. The fourth-order valence-electron chi connectivity index (χ4n) is 5.26. The second-order valence-electron chi connectivity index (χ2n) is 9.37. The summed E-state index contributed by atoms with van der Waals surface area (Å²) in [6.07, 6.45) is 22.2. The number of nitrogens with zero attached hydrogens (tertiary/aromatic N) is 2. The molecule has 180 valence electrons. The molecule has 3 aliphatic rings. The number of aryl methyl sites for hydroxylation is 1. The van der Waals surface area contributed by atoms with Crippen LogP contribution in [0.4, 0.5) is 0 Å². The van der Waals surface area contributed by atoms with Crippen LogP contribution in [0.25, 0.3) is 34.3 Å². The minimum atomic E-state index is -0.108. The summed E-state index contributed by atoms with van der Waals surface area (Å²) in [7, 11) is 0. The molecule has 0 saturated heterocycles. The van der Waals surface area contributed by atoms with Gasteiger partial charge in [-0.2, -0.15) is 0 Å². The molecular weight excluding hydrogens is 454 g/mol. The molecule has 1 atom stereocenters. The number of fused-ring (bicyclic) bond motifs is 6. The number of carbonyl (C=O) groups excluding carboxylic acids is 1. The lowest BCUT2D eigenvalue weighted by Crippen LogP contribution is -2.37. The lowest BCUT2D eigenvalue weighted by atomic mass is 9.82. The molecule has 1 aliphatic heterocycles. The number of rotatable bonds is 2. The Morgan fingerprint density at radius 1 is 0.784 bits per heavy atom. The Bertz CT molecular complexity index is 1700. The van der Waals surface area contributed by atoms with Gasteiger partial charge in [0.15, 0.2) is 5.78 Å². The van der Waals surface area contributed by atoms with E-state index in [2.05, 4.69) is 63.8 Å². The predicted octanol–water partition coefficient (Wildman–Crippen LogP) is 5.03. The van der Waals surface area contributed by atoms with Crippen LogP contribution < -0.4 is 15.8 Å². The van der Waals surface area contributed by atoms with E-state index in [-0.39, 0.29) is 11.7 Å². The van der Waals surface area contributed by atoms with E-state index in [1.807, 2.05) is 54.9 Å². The summed E-state index contributed by atoms with van der Waals surface area (Å²) in [5, 5.41) is 5.45. The van der Waals surface area contributed by atoms with Crippen LogP contribution in [0.2, 0.25) is 0 Å². The molecule has 0 fully saturated rings. The van der Waals surface area contributed by atoms with Gasteiger partial charge in [-0.05, 0) is 82.3 Å². The van der Waals surface area contributed by atoms with Crippen molar-refractivity contribution in [3.05, 3.63) is 131 Å². The van der Waals surface area contributed by atoms with E-state index in [0.717, 1.165) is 30.3 Å². The zero-order chi connectivity index (χ0) is 25.0. The number of benzene rings is 3. The first-order chi connectivity index (χ1) is 18.3. The molecule has 2 aliphatic carbocycles. The molecule has 2 heterocycles. The molecule has 0 radical (unpaired) electrons. The second-order valence-corrected chi connectivity index (χ2v) is 9.37. The van der Waals surface area contributed by atoms with Gasteiger partial charge < -0.3 is 5.32 Å². The van der Waals surface area contributed by atoms with Crippen LogP contribution in [0.1, 0.15) is 27.9 Å². The molecule has 0 saturated carbocycles. The third kappa shape index (κ3) is 4.66. The average molecular weight is 482 g/mol. The van der Waals surface area contributed by atoms with Gasteiger partial charge in [0.25, 0.3) is 0 Å². The number of Topliss-reactive ketones (excluding diaryl/α,β-unsaturated/α-hetero) is 1. The van der Waals surface area contributed by atoms with Gasteiger partial charge in [-0.1, -0.05) is 60.7 Å². The maximum absolute atomic E-state index is 13.3. The molecule has 0 spiro atoms. The van der Waals surface area contributed by atoms with Gasteiger partial charge in [-0.25, -0.2) is 0 Å².